The summed E-state index contributed by atoms with van der Waals surface area (Å²) < 4.78 is 11.4. The Morgan fingerprint density at radius 3 is 2.54 bits per heavy atom. The summed E-state index contributed by atoms with van der Waals surface area (Å²) in [5.74, 6) is 3.13. The Hall–Kier alpha value is -2.69. The van der Waals surface area contributed by atoms with Gasteiger partial charge < -0.3 is 20.1 Å². The normalized spacial score (nSPS) is 14.0. The molecule has 1 saturated carbocycles. The monoisotopic (exact) mass is 353 g/mol. The Morgan fingerprint density at radius 1 is 1.04 bits per heavy atom. The molecule has 2 N–H and O–H groups in total. The maximum absolute atomic E-state index is 5.91. The van der Waals surface area contributed by atoms with Crippen molar-refractivity contribution in [3.05, 3.63) is 59.7 Å². The van der Waals surface area contributed by atoms with E-state index in [4.69, 9.17) is 9.47 Å². The molecule has 26 heavy (non-hydrogen) atoms. The lowest BCUT2D eigenvalue weighted by Gasteiger charge is -2.14. The number of methoxy groups -OCH3 is 1. The maximum atomic E-state index is 5.91. The molecule has 0 spiro atoms. The molecule has 2 aromatic rings. The fourth-order valence-corrected chi connectivity index (χ4v) is 2.65. The Morgan fingerprint density at radius 2 is 1.85 bits per heavy atom. The van der Waals surface area contributed by atoms with Crippen molar-refractivity contribution in [2.75, 3.05) is 20.7 Å². The number of nitrogens with zero attached hydrogens (tertiary/aromatic N) is 1. The Kier molecular flexibility index (Phi) is 6.36. The number of nitrogens with one attached hydrogen (secondary N) is 2. The minimum absolute atomic E-state index is 0.520. The van der Waals surface area contributed by atoms with Crippen molar-refractivity contribution in [2.45, 2.75) is 26.0 Å². The molecule has 0 aromatic heterocycles. The van der Waals surface area contributed by atoms with E-state index in [9.17, 15) is 0 Å². The Bertz CT molecular complexity index is 727. The summed E-state index contributed by atoms with van der Waals surface area (Å²) in [6.07, 6.45) is 2.65. The van der Waals surface area contributed by atoms with Gasteiger partial charge in [-0.2, -0.15) is 0 Å². The van der Waals surface area contributed by atoms with E-state index in [2.05, 4.69) is 15.6 Å². The first-order chi connectivity index (χ1) is 12.8. The first kappa shape index (κ1) is 18.1. The molecular formula is C21H27N3O2. The average Bonchev–Trinajstić information content (AvgIpc) is 3.52. The third-order valence-electron chi connectivity index (χ3n) is 4.40. The van der Waals surface area contributed by atoms with Crippen molar-refractivity contribution >= 4 is 5.96 Å². The van der Waals surface area contributed by atoms with E-state index in [1.54, 1.807) is 14.2 Å². The summed E-state index contributed by atoms with van der Waals surface area (Å²) in [6, 6.07) is 16.1. The van der Waals surface area contributed by atoms with Gasteiger partial charge in [-0.1, -0.05) is 36.4 Å². The molecule has 1 aliphatic carbocycles. The van der Waals surface area contributed by atoms with Gasteiger partial charge in [0.25, 0.3) is 0 Å². The topological polar surface area (TPSA) is 54.9 Å². The van der Waals surface area contributed by atoms with E-state index in [0.717, 1.165) is 41.0 Å². The van der Waals surface area contributed by atoms with Crippen LogP contribution in [0.2, 0.25) is 0 Å². The van der Waals surface area contributed by atoms with Gasteiger partial charge in [0, 0.05) is 20.1 Å². The maximum Gasteiger partial charge on any atom is 0.191 e. The summed E-state index contributed by atoms with van der Waals surface area (Å²) in [4.78, 5) is 4.26. The van der Waals surface area contributed by atoms with Crippen LogP contribution in [-0.4, -0.2) is 26.7 Å². The van der Waals surface area contributed by atoms with Gasteiger partial charge in [0.1, 0.15) is 6.61 Å². The second-order valence-corrected chi connectivity index (χ2v) is 6.51. The number of hydrogen-bond acceptors (Lipinski definition) is 3. The van der Waals surface area contributed by atoms with Crippen molar-refractivity contribution in [1.29, 1.82) is 0 Å². The number of benzene rings is 2. The number of hydrogen-bond donors (Lipinski definition) is 2. The van der Waals surface area contributed by atoms with Gasteiger partial charge in [-0.15, -0.1) is 0 Å². The summed E-state index contributed by atoms with van der Waals surface area (Å²) >= 11 is 0. The lowest BCUT2D eigenvalue weighted by molar-refractivity contribution is 0.284. The molecule has 0 amide bonds. The molecule has 138 valence electrons. The number of guanidine groups is 1. The van der Waals surface area contributed by atoms with Crippen LogP contribution in [0.4, 0.5) is 0 Å². The van der Waals surface area contributed by atoms with E-state index >= 15 is 0 Å². The molecule has 5 heteroatoms. The molecule has 0 aliphatic heterocycles. The van der Waals surface area contributed by atoms with Crippen molar-refractivity contribution in [1.82, 2.24) is 10.6 Å². The highest BCUT2D eigenvalue weighted by atomic mass is 16.5. The molecular weight excluding hydrogens is 326 g/mol. The van der Waals surface area contributed by atoms with E-state index < -0.39 is 0 Å². The predicted octanol–water partition coefficient (Wildman–Crippen LogP) is 3.35. The molecule has 0 unspecified atom stereocenters. The highest BCUT2D eigenvalue weighted by molar-refractivity contribution is 5.79. The zero-order chi connectivity index (χ0) is 18.2. The fourth-order valence-electron chi connectivity index (χ4n) is 2.65. The molecule has 0 bridgehead atoms. The van der Waals surface area contributed by atoms with Crippen LogP contribution >= 0.6 is 0 Å². The van der Waals surface area contributed by atoms with Gasteiger partial charge in [-0.05, 0) is 42.0 Å². The van der Waals surface area contributed by atoms with Gasteiger partial charge in [-0.3, -0.25) is 4.99 Å². The molecule has 1 aliphatic rings. The first-order valence-electron chi connectivity index (χ1n) is 9.06. The highest BCUT2D eigenvalue weighted by Crippen LogP contribution is 2.29. The van der Waals surface area contributed by atoms with Crippen LogP contribution in [0.5, 0.6) is 11.5 Å². The molecule has 3 rings (SSSR count). The van der Waals surface area contributed by atoms with Gasteiger partial charge in [0.2, 0.25) is 0 Å². The number of ether oxygens (including phenoxy) is 2. The lowest BCUT2D eigenvalue weighted by atomic mass is 10.2. The SMILES string of the molecule is CN=C(NCc1ccc(OCc2ccccc2)c(OC)c1)NCC1CC1. The molecule has 1 fully saturated rings. The molecule has 0 saturated heterocycles. The van der Waals surface area contributed by atoms with Crippen LogP contribution in [0.25, 0.3) is 0 Å². The summed E-state index contributed by atoms with van der Waals surface area (Å²) in [7, 11) is 3.46. The second-order valence-electron chi connectivity index (χ2n) is 6.51. The second kappa shape index (κ2) is 9.13. The predicted molar refractivity (Wildman–Crippen MR) is 105 cm³/mol. The van der Waals surface area contributed by atoms with Gasteiger partial charge in [-0.25, -0.2) is 0 Å². The van der Waals surface area contributed by atoms with Gasteiger partial charge in [0.05, 0.1) is 7.11 Å². The Balaban J connectivity index is 1.55. The van der Waals surface area contributed by atoms with Crippen molar-refractivity contribution in [3.63, 3.8) is 0 Å². The lowest BCUT2D eigenvalue weighted by Crippen LogP contribution is -2.37. The van der Waals surface area contributed by atoms with Crippen molar-refractivity contribution in [3.8, 4) is 11.5 Å². The smallest absolute Gasteiger partial charge is 0.191 e. The number of aliphatic imine (C=N–C) groups is 1. The van der Waals surface area contributed by atoms with Crippen LogP contribution in [-0.2, 0) is 13.2 Å². The van der Waals surface area contributed by atoms with Crippen LogP contribution in [0.1, 0.15) is 24.0 Å². The standard InChI is InChI=1S/C21H27N3O2/c1-22-21(23-13-16-8-9-16)24-14-18-10-11-19(20(12-18)25-2)26-15-17-6-4-3-5-7-17/h3-7,10-12,16H,8-9,13-15H2,1-2H3,(H2,22,23,24). The molecule has 0 atom stereocenters. The first-order valence-corrected chi connectivity index (χ1v) is 9.06. The summed E-state index contributed by atoms with van der Waals surface area (Å²) in [6.45, 7) is 2.20. The largest absolute Gasteiger partial charge is 0.493 e. The molecule has 0 radical (unpaired) electrons. The third kappa shape index (κ3) is 5.41. The zero-order valence-corrected chi connectivity index (χ0v) is 15.5. The zero-order valence-electron chi connectivity index (χ0n) is 15.5. The highest BCUT2D eigenvalue weighted by Gasteiger charge is 2.21. The van der Waals surface area contributed by atoms with Crippen LogP contribution in [0.15, 0.2) is 53.5 Å². The Labute approximate surface area is 155 Å². The van der Waals surface area contributed by atoms with Crippen LogP contribution in [0, 0.1) is 5.92 Å². The van der Waals surface area contributed by atoms with Gasteiger partial charge >= 0.3 is 0 Å². The minimum Gasteiger partial charge on any atom is -0.493 e. The fraction of sp³-hybridized carbons (Fsp3) is 0.381. The van der Waals surface area contributed by atoms with Crippen molar-refractivity contribution in [2.24, 2.45) is 10.9 Å². The molecule has 2 aromatic carbocycles. The minimum atomic E-state index is 0.520. The third-order valence-corrected chi connectivity index (χ3v) is 4.40. The molecule has 0 heterocycles. The van der Waals surface area contributed by atoms with E-state index in [0.29, 0.717) is 13.2 Å². The molecule has 5 nitrogen and oxygen atoms in total. The summed E-state index contributed by atoms with van der Waals surface area (Å²) in [5.41, 5.74) is 2.24. The van der Waals surface area contributed by atoms with Crippen LogP contribution < -0.4 is 20.1 Å². The van der Waals surface area contributed by atoms with E-state index in [1.807, 2.05) is 48.5 Å². The van der Waals surface area contributed by atoms with Crippen LogP contribution in [0.3, 0.4) is 0 Å². The van der Waals surface area contributed by atoms with Crippen molar-refractivity contribution < 1.29 is 9.47 Å². The van der Waals surface area contributed by atoms with E-state index in [-0.39, 0.29) is 0 Å². The van der Waals surface area contributed by atoms with Gasteiger partial charge in [0.15, 0.2) is 17.5 Å². The number of rotatable bonds is 8. The quantitative estimate of drug-likeness (QED) is 0.564. The average molecular weight is 353 g/mol. The summed E-state index contributed by atoms with van der Waals surface area (Å²) in [5, 5.41) is 6.70. The van der Waals surface area contributed by atoms with E-state index in [1.165, 1.54) is 12.8 Å².